The van der Waals surface area contributed by atoms with Crippen molar-refractivity contribution in [3.05, 3.63) is 18.3 Å². The normalized spacial score (nSPS) is 18.8. The number of carbonyl (C=O) groups excluding carboxylic acids is 1. The Kier molecular flexibility index (Phi) is 8.11. The van der Waals surface area contributed by atoms with Gasteiger partial charge in [-0.05, 0) is 43.7 Å². The topological polar surface area (TPSA) is 82.6 Å². The summed E-state index contributed by atoms with van der Waals surface area (Å²) in [5, 5.41) is 0. The minimum absolute atomic E-state index is 0.0612. The van der Waals surface area contributed by atoms with E-state index >= 15 is 0 Å². The molecule has 0 spiro atoms. The van der Waals surface area contributed by atoms with E-state index in [-0.39, 0.29) is 16.8 Å². The number of rotatable bonds is 8. The molecule has 1 amide bonds. The van der Waals surface area contributed by atoms with Crippen LogP contribution in [0.3, 0.4) is 0 Å². The van der Waals surface area contributed by atoms with E-state index in [0.717, 1.165) is 31.7 Å². The molecule has 168 valence electrons. The van der Waals surface area contributed by atoms with Crippen LogP contribution in [0.2, 0.25) is 0 Å². The summed E-state index contributed by atoms with van der Waals surface area (Å²) in [4.78, 5) is 21.3. The van der Waals surface area contributed by atoms with Crippen molar-refractivity contribution in [2.75, 3.05) is 31.1 Å². The van der Waals surface area contributed by atoms with Gasteiger partial charge >= 0.3 is 0 Å². The minimum Gasteiger partial charge on any atom is -0.353 e. The number of piperazine rings is 1. The van der Waals surface area contributed by atoms with Gasteiger partial charge in [0, 0.05) is 44.8 Å². The molecule has 0 atom stereocenters. The second-order valence-corrected chi connectivity index (χ2v) is 10.3. The van der Waals surface area contributed by atoms with Gasteiger partial charge in [0.15, 0.2) is 0 Å². The first-order chi connectivity index (χ1) is 14.4. The van der Waals surface area contributed by atoms with Gasteiger partial charge in [-0.3, -0.25) is 4.79 Å². The molecule has 1 saturated heterocycles. The Labute approximate surface area is 181 Å². The Morgan fingerprint density at radius 3 is 2.33 bits per heavy atom. The van der Waals surface area contributed by atoms with Gasteiger partial charge < -0.3 is 9.80 Å². The molecule has 0 bridgehead atoms. The van der Waals surface area contributed by atoms with Crippen molar-refractivity contribution >= 4 is 21.7 Å². The van der Waals surface area contributed by atoms with Crippen LogP contribution in [0.4, 0.5) is 5.82 Å². The fourth-order valence-corrected chi connectivity index (χ4v) is 5.76. The summed E-state index contributed by atoms with van der Waals surface area (Å²) in [6, 6.07) is 3.32. The summed E-state index contributed by atoms with van der Waals surface area (Å²) in [5.74, 6) is 1.60. The van der Waals surface area contributed by atoms with Crippen LogP contribution in [0.1, 0.15) is 65.2 Å². The Balaban J connectivity index is 1.52. The zero-order valence-corrected chi connectivity index (χ0v) is 19.2. The van der Waals surface area contributed by atoms with E-state index in [0.29, 0.717) is 25.4 Å². The number of hydrogen-bond donors (Lipinski definition) is 1. The van der Waals surface area contributed by atoms with Crippen LogP contribution in [0.25, 0.3) is 0 Å². The molecule has 8 heteroatoms. The lowest BCUT2D eigenvalue weighted by molar-refractivity contribution is -0.132. The quantitative estimate of drug-likeness (QED) is 0.677. The number of hydrogen-bond acceptors (Lipinski definition) is 5. The molecule has 2 fully saturated rings. The van der Waals surface area contributed by atoms with Crippen molar-refractivity contribution < 1.29 is 13.2 Å². The number of aromatic nitrogens is 1. The maximum Gasteiger partial charge on any atom is 0.242 e. The Hall–Kier alpha value is -1.67. The third-order valence-electron chi connectivity index (χ3n) is 6.48. The van der Waals surface area contributed by atoms with Gasteiger partial charge in [0.05, 0.1) is 0 Å². The number of pyridine rings is 1. The summed E-state index contributed by atoms with van der Waals surface area (Å²) in [5.41, 5.74) is 0. The number of amides is 1. The monoisotopic (exact) mass is 436 g/mol. The van der Waals surface area contributed by atoms with Gasteiger partial charge in [-0.15, -0.1) is 0 Å². The van der Waals surface area contributed by atoms with Crippen molar-refractivity contribution in [3.8, 4) is 0 Å². The maximum absolute atomic E-state index is 12.6. The third kappa shape index (κ3) is 5.94. The number of nitrogens with one attached hydrogen (secondary N) is 1. The highest BCUT2D eigenvalue weighted by Crippen LogP contribution is 2.27. The molecular weight excluding hydrogens is 400 g/mol. The number of sulfonamides is 1. The highest BCUT2D eigenvalue weighted by Gasteiger charge is 2.25. The summed E-state index contributed by atoms with van der Waals surface area (Å²) < 4.78 is 27.8. The zero-order valence-electron chi connectivity index (χ0n) is 18.3. The van der Waals surface area contributed by atoms with E-state index < -0.39 is 10.0 Å². The van der Waals surface area contributed by atoms with Crippen LogP contribution in [0.15, 0.2) is 23.2 Å². The van der Waals surface area contributed by atoms with E-state index in [1.165, 1.54) is 38.3 Å². The SMILES string of the molecule is CCC(CC)NS(=O)(=O)c1ccc(N2CCN(C(=O)CC3CCCCC3)CC2)nc1. The molecule has 0 aromatic carbocycles. The largest absolute Gasteiger partial charge is 0.353 e. The second kappa shape index (κ2) is 10.6. The molecule has 1 aromatic rings. The first-order valence-corrected chi connectivity index (χ1v) is 12.9. The van der Waals surface area contributed by atoms with Crippen molar-refractivity contribution in [2.45, 2.75) is 76.2 Å². The predicted molar refractivity (Wildman–Crippen MR) is 119 cm³/mol. The van der Waals surface area contributed by atoms with E-state index in [1.807, 2.05) is 18.7 Å². The highest BCUT2D eigenvalue weighted by molar-refractivity contribution is 7.89. The molecule has 0 radical (unpaired) electrons. The summed E-state index contributed by atoms with van der Waals surface area (Å²) in [6.45, 7) is 6.78. The van der Waals surface area contributed by atoms with E-state index in [1.54, 1.807) is 12.1 Å². The number of carbonyl (C=O) groups is 1. The van der Waals surface area contributed by atoms with Crippen LogP contribution < -0.4 is 9.62 Å². The van der Waals surface area contributed by atoms with Gasteiger partial charge in [0.25, 0.3) is 0 Å². The van der Waals surface area contributed by atoms with E-state index in [2.05, 4.69) is 14.6 Å². The average Bonchev–Trinajstić information content (AvgIpc) is 2.78. The summed E-state index contributed by atoms with van der Waals surface area (Å²) in [7, 11) is -3.55. The lowest BCUT2D eigenvalue weighted by Crippen LogP contribution is -2.49. The average molecular weight is 437 g/mol. The Bertz CT molecular complexity index is 779. The molecule has 2 heterocycles. The van der Waals surface area contributed by atoms with Crippen molar-refractivity contribution in [3.63, 3.8) is 0 Å². The molecule has 7 nitrogen and oxygen atoms in total. The Morgan fingerprint density at radius 2 is 1.77 bits per heavy atom. The molecule has 1 aliphatic heterocycles. The van der Waals surface area contributed by atoms with Crippen molar-refractivity contribution in [1.29, 1.82) is 0 Å². The smallest absolute Gasteiger partial charge is 0.242 e. The zero-order chi connectivity index (χ0) is 21.6. The van der Waals surface area contributed by atoms with Crippen LogP contribution in [0, 0.1) is 5.92 Å². The van der Waals surface area contributed by atoms with Gasteiger partial charge in [-0.1, -0.05) is 33.1 Å². The van der Waals surface area contributed by atoms with Gasteiger partial charge in [0.2, 0.25) is 15.9 Å². The number of nitrogens with zero attached hydrogens (tertiary/aromatic N) is 3. The lowest BCUT2D eigenvalue weighted by Gasteiger charge is -2.36. The highest BCUT2D eigenvalue weighted by atomic mass is 32.2. The fourth-order valence-electron chi connectivity index (χ4n) is 4.41. The van der Waals surface area contributed by atoms with E-state index in [9.17, 15) is 13.2 Å². The van der Waals surface area contributed by atoms with Gasteiger partial charge in [0.1, 0.15) is 10.7 Å². The first-order valence-electron chi connectivity index (χ1n) is 11.4. The first kappa shape index (κ1) is 23.0. The summed E-state index contributed by atoms with van der Waals surface area (Å²) >= 11 is 0. The minimum atomic E-state index is -3.55. The molecule has 1 aliphatic carbocycles. The fraction of sp³-hybridized carbons (Fsp3) is 0.727. The predicted octanol–water partition coefficient (Wildman–Crippen LogP) is 3.17. The van der Waals surface area contributed by atoms with Crippen molar-refractivity contribution in [1.82, 2.24) is 14.6 Å². The lowest BCUT2D eigenvalue weighted by atomic mass is 9.86. The molecule has 1 N–H and O–H groups in total. The van der Waals surface area contributed by atoms with Gasteiger partial charge in [-0.25, -0.2) is 18.1 Å². The van der Waals surface area contributed by atoms with Crippen LogP contribution >= 0.6 is 0 Å². The Morgan fingerprint density at radius 1 is 1.10 bits per heavy atom. The molecule has 1 saturated carbocycles. The van der Waals surface area contributed by atoms with E-state index in [4.69, 9.17) is 0 Å². The third-order valence-corrected chi connectivity index (χ3v) is 7.99. The molecule has 2 aliphatic rings. The van der Waals surface area contributed by atoms with Crippen LogP contribution in [-0.2, 0) is 14.8 Å². The molecular formula is C22H36N4O3S. The van der Waals surface area contributed by atoms with Gasteiger partial charge in [-0.2, -0.15) is 0 Å². The number of anilines is 1. The standard InChI is InChI=1S/C22H36N4O3S/c1-3-19(4-2)24-30(28,29)20-10-11-21(23-17-20)25-12-14-26(15-13-25)22(27)16-18-8-6-5-7-9-18/h10-11,17-19,24H,3-9,12-16H2,1-2H3. The second-order valence-electron chi connectivity index (χ2n) is 8.56. The van der Waals surface area contributed by atoms with Crippen LogP contribution in [-0.4, -0.2) is 56.4 Å². The molecule has 3 rings (SSSR count). The molecule has 1 aromatic heterocycles. The van der Waals surface area contributed by atoms with Crippen LogP contribution in [0.5, 0.6) is 0 Å². The molecule has 0 unspecified atom stereocenters. The maximum atomic E-state index is 12.6. The van der Waals surface area contributed by atoms with Crippen molar-refractivity contribution in [2.24, 2.45) is 5.92 Å². The summed E-state index contributed by atoms with van der Waals surface area (Å²) in [6.07, 6.45) is 9.84. The molecule has 30 heavy (non-hydrogen) atoms.